The molecule has 96 valence electrons. The molecule has 1 aromatic heterocycles. The predicted octanol–water partition coefficient (Wildman–Crippen LogP) is 4.54. The van der Waals surface area contributed by atoms with Crippen LogP contribution in [0.5, 0.6) is 0 Å². The van der Waals surface area contributed by atoms with Crippen LogP contribution in [-0.2, 0) is 6.42 Å². The molecule has 0 spiro atoms. The summed E-state index contributed by atoms with van der Waals surface area (Å²) in [6, 6.07) is 6.76. The summed E-state index contributed by atoms with van der Waals surface area (Å²) in [6.45, 7) is 4.04. The summed E-state index contributed by atoms with van der Waals surface area (Å²) < 4.78 is 14.4. The zero-order chi connectivity index (χ0) is 13.3. The number of aryl methyl sites for hydroxylation is 2. The third kappa shape index (κ3) is 2.99. The maximum atomic E-state index is 13.6. The molecule has 0 bridgehead atoms. The smallest absolute Gasteiger partial charge is 0.126 e. The lowest BCUT2D eigenvalue weighted by Crippen LogP contribution is -2.01. The Morgan fingerprint density at radius 3 is 2.67 bits per heavy atom. The lowest BCUT2D eigenvalue weighted by Gasteiger charge is -2.09. The first kappa shape index (κ1) is 13.7. The molecule has 2 aromatic rings. The average molecular weight is 329 g/mol. The molecule has 0 aliphatic heterocycles. The zero-order valence-corrected chi connectivity index (χ0v) is 12.6. The number of hydrogen-bond donors (Lipinski definition) is 1. The molecule has 1 heterocycles. The molecule has 18 heavy (non-hydrogen) atoms. The number of halogens is 2. The number of thiophene rings is 1. The van der Waals surface area contributed by atoms with Gasteiger partial charge in [0.05, 0.1) is 6.10 Å². The molecule has 0 aliphatic carbocycles. The van der Waals surface area contributed by atoms with Gasteiger partial charge in [0.2, 0.25) is 0 Å². The highest BCUT2D eigenvalue weighted by molar-refractivity contribution is 9.10. The van der Waals surface area contributed by atoms with Gasteiger partial charge in [-0.2, -0.15) is 0 Å². The van der Waals surface area contributed by atoms with E-state index in [-0.39, 0.29) is 5.82 Å². The lowest BCUT2D eigenvalue weighted by atomic mass is 10.1. The Kier molecular flexibility index (Phi) is 4.20. The largest absolute Gasteiger partial charge is 0.387 e. The number of rotatable bonds is 3. The van der Waals surface area contributed by atoms with Crippen LogP contribution in [0, 0.1) is 19.7 Å². The minimum atomic E-state index is -0.647. The topological polar surface area (TPSA) is 20.2 Å². The first-order chi connectivity index (χ1) is 8.47. The third-order valence-corrected chi connectivity index (χ3v) is 4.68. The van der Waals surface area contributed by atoms with Gasteiger partial charge in [-0.15, -0.1) is 11.3 Å². The van der Waals surface area contributed by atoms with E-state index in [1.54, 1.807) is 23.5 Å². The molecule has 1 atom stereocenters. The monoisotopic (exact) mass is 328 g/mol. The van der Waals surface area contributed by atoms with Crippen molar-refractivity contribution in [1.82, 2.24) is 0 Å². The van der Waals surface area contributed by atoms with Crippen molar-refractivity contribution >= 4 is 27.3 Å². The average Bonchev–Trinajstić information content (AvgIpc) is 2.64. The van der Waals surface area contributed by atoms with Gasteiger partial charge in [-0.05, 0) is 49.2 Å². The molecule has 1 unspecified atom stereocenters. The van der Waals surface area contributed by atoms with Gasteiger partial charge in [0.15, 0.2) is 0 Å². The Labute approximate surface area is 118 Å². The first-order valence-electron chi connectivity index (χ1n) is 5.66. The van der Waals surface area contributed by atoms with Crippen LogP contribution in [0.1, 0.15) is 27.0 Å². The second kappa shape index (κ2) is 5.51. The van der Waals surface area contributed by atoms with Crippen LogP contribution in [0.4, 0.5) is 4.39 Å². The highest BCUT2D eigenvalue weighted by Crippen LogP contribution is 2.29. The van der Waals surface area contributed by atoms with Gasteiger partial charge in [-0.25, -0.2) is 4.39 Å². The maximum Gasteiger partial charge on any atom is 0.126 e. The van der Waals surface area contributed by atoms with Crippen LogP contribution in [0.3, 0.4) is 0 Å². The van der Waals surface area contributed by atoms with E-state index in [2.05, 4.69) is 15.9 Å². The molecule has 0 aliphatic rings. The van der Waals surface area contributed by atoms with Gasteiger partial charge in [0.25, 0.3) is 0 Å². The fourth-order valence-electron chi connectivity index (χ4n) is 1.77. The van der Waals surface area contributed by atoms with Gasteiger partial charge in [-0.3, -0.25) is 0 Å². The van der Waals surface area contributed by atoms with Gasteiger partial charge >= 0.3 is 0 Å². The standard InChI is InChI=1S/C14H14BrFOS/c1-8-5-14(18-9(8)2)13(17)7-10-6-11(15)3-4-12(10)16/h3-6,13,17H,7H2,1-2H3. The van der Waals surface area contributed by atoms with Gasteiger partial charge in [0, 0.05) is 20.6 Å². The molecule has 2 rings (SSSR count). The molecule has 0 fully saturated rings. The number of aliphatic hydroxyl groups is 1. The highest BCUT2D eigenvalue weighted by Gasteiger charge is 2.15. The molecular weight excluding hydrogens is 315 g/mol. The highest BCUT2D eigenvalue weighted by atomic mass is 79.9. The number of aliphatic hydroxyl groups excluding tert-OH is 1. The van der Waals surface area contributed by atoms with Crippen LogP contribution in [0.2, 0.25) is 0 Å². The SMILES string of the molecule is Cc1cc(C(O)Cc2cc(Br)ccc2F)sc1C. The maximum absolute atomic E-state index is 13.6. The summed E-state index contributed by atoms with van der Waals surface area (Å²) in [4.78, 5) is 2.09. The molecule has 0 saturated heterocycles. The van der Waals surface area contributed by atoms with E-state index in [0.29, 0.717) is 12.0 Å². The Balaban J connectivity index is 2.20. The van der Waals surface area contributed by atoms with Crippen molar-refractivity contribution in [2.75, 3.05) is 0 Å². The summed E-state index contributed by atoms with van der Waals surface area (Å²) in [5, 5.41) is 10.2. The summed E-state index contributed by atoms with van der Waals surface area (Å²) >= 11 is 4.88. The van der Waals surface area contributed by atoms with Crippen molar-refractivity contribution in [3.05, 3.63) is 55.4 Å². The van der Waals surface area contributed by atoms with E-state index in [1.165, 1.54) is 16.5 Å². The Morgan fingerprint density at radius 1 is 1.33 bits per heavy atom. The van der Waals surface area contributed by atoms with Gasteiger partial charge in [0.1, 0.15) is 5.82 Å². The van der Waals surface area contributed by atoms with Crippen molar-refractivity contribution in [2.45, 2.75) is 26.4 Å². The molecule has 0 saturated carbocycles. The molecule has 0 amide bonds. The molecule has 0 radical (unpaired) electrons. The van der Waals surface area contributed by atoms with Crippen molar-refractivity contribution in [1.29, 1.82) is 0 Å². The predicted molar refractivity (Wildman–Crippen MR) is 76.6 cm³/mol. The van der Waals surface area contributed by atoms with E-state index >= 15 is 0 Å². The summed E-state index contributed by atoms with van der Waals surface area (Å²) in [6.07, 6.45) is -0.351. The van der Waals surface area contributed by atoms with E-state index in [9.17, 15) is 9.50 Å². The Morgan fingerprint density at radius 2 is 2.06 bits per heavy atom. The minimum Gasteiger partial charge on any atom is -0.387 e. The molecular formula is C14H14BrFOS. The second-order valence-electron chi connectivity index (χ2n) is 4.34. The van der Waals surface area contributed by atoms with Gasteiger partial charge < -0.3 is 5.11 Å². The fraction of sp³-hybridized carbons (Fsp3) is 0.286. The van der Waals surface area contributed by atoms with Gasteiger partial charge in [-0.1, -0.05) is 15.9 Å². The fourth-order valence-corrected chi connectivity index (χ4v) is 3.21. The normalized spacial score (nSPS) is 12.7. The van der Waals surface area contributed by atoms with Crippen LogP contribution < -0.4 is 0 Å². The molecule has 1 nitrogen and oxygen atoms in total. The molecule has 1 aromatic carbocycles. The van der Waals surface area contributed by atoms with E-state index in [0.717, 1.165) is 9.35 Å². The summed E-state index contributed by atoms with van der Waals surface area (Å²) in [7, 11) is 0. The van der Waals surface area contributed by atoms with Crippen LogP contribution in [0.25, 0.3) is 0 Å². The van der Waals surface area contributed by atoms with Crippen molar-refractivity contribution in [2.24, 2.45) is 0 Å². The Bertz CT molecular complexity index is 545. The first-order valence-corrected chi connectivity index (χ1v) is 7.27. The summed E-state index contributed by atoms with van der Waals surface area (Å²) in [5.41, 5.74) is 1.70. The Hall–Kier alpha value is -0.710. The number of benzene rings is 1. The van der Waals surface area contributed by atoms with Crippen molar-refractivity contribution in [3.8, 4) is 0 Å². The zero-order valence-electron chi connectivity index (χ0n) is 10.2. The third-order valence-electron chi connectivity index (χ3n) is 2.93. The van der Waals surface area contributed by atoms with Crippen molar-refractivity contribution < 1.29 is 9.50 Å². The van der Waals surface area contributed by atoms with E-state index < -0.39 is 6.10 Å². The molecule has 1 N–H and O–H groups in total. The summed E-state index contributed by atoms with van der Waals surface area (Å²) in [5.74, 6) is -0.276. The number of hydrogen-bond acceptors (Lipinski definition) is 2. The molecule has 4 heteroatoms. The van der Waals surface area contributed by atoms with E-state index in [4.69, 9.17) is 0 Å². The van der Waals surface area contributed by atoms with E-state index in [1.807, 2.05) is 19.9 Å². The quantitative estimate of drug-likeness (QED) is 0.876. The van der Waals surface area contributed by atoms with Crippen LogP contribution >= 0.6 is 27.3 Å². The minimum absolute atomic E-state index is 0.276. The van der Waals surface area contributed by atoms with Crippen LogP contribution in [0.15, 0.2) is 28.7 Å². The second-order valence-corrected chi connectivity index (χ2v) is 6.55. The van der Waals surface area contributed by atoms with Crippen molar-refractivity contribution in [3.63, 3.8) is 0 Å². The van der Waals surface area contributed by atoms with Crippen LogP contribution in [-0.4, -0.2) is 5.11 Å². The lowest BCUT2D eigenvalue weighted by molar-refractivity contribution is 0.181.